The Morgan fingerprint density at radius 2 is 2.07 bits per heavy atom. The molecule has 0 aliphatic carbocycles. The predicted octanol–water partition coefficient (Wildman–Crippen LogP) is -0.794. The third-order valence-corrected chi connectivity index (χ3v) is 9.09. The molecular formula is C24H23N9O6S3. The molecule has 2 aliphatic rings. The van der Waals surface area contributed by atoms with E-state index in [-0.39, 0.29) is 34.6 Å². The Bertz CT molecular complexity index is 1620. The number of nitrogens with one attached hydrogen (secondary N) is 2. The average molecular weight is 630 g/mol. The van der Waals surface area contributed by atoms with Crippen molar-refractivity contribution in [1.82, 2.24) is 20.2 Å². The number of pyridine rings is 1. The molecule has 15 nitrogen and oxygen atoms in total. The van der Waals surface area contributed by atoms with E-state index in [4.69, 9.17) is 16.3 Å². The van der Waals surface area contributed by atoms with Crippen molar-refractivity contribution in [3.05, 3.63) is 57.9 Å². The molecule has 3 aromatic rings. The van der Waals surface area contributed by atoms with Crippen LogP contribution in [0.1, 0.15) is 24.4 Å². The van der Waals surface area contributed by atoms with Crippen molar-refractivity contribution in [2.24, 2.45) is 5.16 Å². The zero-order chi connectivity index (χ0) is 30.0. The van der Waals surface area contributed by atoms with Gasteiger partial charge in [-0.15, -0.1) is 34.4 Å². The number of aliphatic carboxylic acids is 1. The van der Waals surface area contributed by atoms with Gasteiger partial charge in [0.1, 0.15) is 22.8 Å². The second-order valence-electron chi connectivity index (χ2n) is 8.96. The minimum Gasteiger partial charge on any atom is -0.543 e. The second kappa shape index (κ2) is 12.1. The molecule has 218 valence electrons. The maximum atomic E-state index is 13.3. The Kier molecular flexibility index (Phi) is 8.36. The molecule has 2 unspecified atom stereocenters. The number of β-lactam (4-membered cyclic amide) rings is 1. The van der Waals surface area contributed by atoms with Gasteiger partial charge in [0, 0.05) is 35.1 Å². The highest BCUT2D eigenvalue weighted by Gasteiger charge is 2.54. The van der Waals surface area contributed by atoms with Crippen LogP contribution < -0.4 is 31.8 Å². The third kappa shape index (κ3) is 5.76. The van der Waals surface area contributed by atoms with Crippen molar-refractivity contribution in [1.29, 1.82) is 0 Å². The van der Waals surface area contributed by atoms with Gasteiger partial charge in [0.05, 0.1) is 17.4 Å². The topological polar surface area (TPSA) is 222 Å². The highest BCUT2D eigenvalue weighted by Crippen LogP contribution is 2.42. The van der Waals surface area contributed by atoms with Crippen molar-refractivity contribution < 1.29 is 33.7 Å². The number of nitrogens with zero attached hydrogens (tertiary/aromatic N) is 5. The normalized spacial score (nSPS) is 19.0. The Hall–Kier alpha value is -4.55. The molecule has 1 saturated heterocycles. The first-order valence-electron chi connectivity index (χ1n) is 12.2. The lowest BCUT2D eigenvalue weighted by molar-refractivity contribution is -0.710. The Morgan fingerprint density at radius 1 is 1.31 bits per heavy atom. The first-order chi connectivity index (χ1) is 20.2. The average Bonchev–Trinajstić information content (AvgIpc) is 3.60. The molecule has 1 fully saturated rings. The third-order valence-electron chi connectivity index (χ3n) is 6.39. The number of rotatable bonds is 11. The number of carboxylic acid groups (broad SMARTS) is 1. The highest BCUT2D eigenvalue weighted by molar-refractivity contribution is 8.00. The summed E-state index contributed by atoms with van der Waals surface area (Å²) in [6.07, 6.45) is 3.90. The Labute approximate surface area is 250 Å². The molecule has 0 spiro atoms. The van der Waals surface area contributed by atoms with Crippen molar-refractivity contribution in [3.63, 3.8) is 0 Å². The summed E-state index contributed by atoms with van der Waals surface area (Å²) in [5.41, 5.74) is 12.5. The molecule has 0 radical (unpaired) electrons. The minimum atomic E-state index is -1.51. The second-order valence-corrected chi connectivity index (χ2v) is 11.8. The van der Waals surface area contributed by atoms with Gasteiger partial charge in [0.2, 0.25) is 6.41 Å². The summed E-state index contributed by atoms with van der Waals surface area (Å²) >= 11 is 3.61. The molecule has 0 aromatic carbocycles. The van der Waals surface area contributed by atoms with Crippen molar-refractivity contribution in [3.8, 4) is 0 Å². The predicted molar refractivity (Wildman–Crippen MR) is 152 cm³/mol. The number of thioether (sulfide) groups is 1. The van der Waals surface area contributed by atoms with E-state index in [2.05, 4.69) is 25.8 Å². The van der Waals surface area contributed by atoms with Crippen LogP contribution in [0.25, 0.3) is 0 Å². The number of aromatic nitrogens is 3. The summed E-state index contributed by atoms with van der Waals surface area (Å²) in [5, 5.41) is 24.4. The number of fused-ring (bicyclic) bond motifs is 1. The summed E-state index contributed by atoms with van der Waals surface area (Å²) in [6, 6.07) is 1.86. The molecule has 18 heteroatoms. The van der Waals surface area contributed by atoms with Crippen LogP contribution in [0.4, 0.5) is 16.0 Å². The van der Waals surface area contributed by atoms with E-state index in [0.29, 0.717) is 28.5 Å². The number of nitrogen functional groups attached to an aromatic ring is 2. The molecule has 3 atom stereocenters. The van der Waals surface area contributed by atoms with Crippen LogP contribution >= 0.6 is 34.4 Å². The zero-order valence-corrected chi connectivity index (χ0v) is 24.2. The molecule has 0 bridgehead atoms. The maximum Gasteiger partial charge on any atom is 0.276 e. The summed E-state index contributed by atoms with van der Waals surface area (Å²) in [7, 11) is 0. The first-order valence-corrected chi connectivity index (χ1v) is 15.0. The molecule has 6 N–H and O–H groups in total. The molecule has 0 saturated carbocycles. The number of hydrogen-bond donors (Lipinski definition) is 4. The van der Waals surface area contributed by atoms with Crippen LogP contribution in [0.2, 0.25) is 0 Å². The van der Waals surface area contributed by atoms with E-state index < -0.39 is 35.2 Å². The van der Waals surface area contributed by atoms with Gasteiger partial charge in [-0.3, -0.25) is 19.3 Å². The highest BCUT2D eigenvalue weighted by atomic mass is 32.2. The lowest BCUT2D eigenvalue weighted by atomic mass is 9.99. The fourth-order valence-corrected chi connectivity index (χ4v) is 6.94. The summed E-state index contributed by atoms with van der Waals surface area (Å²) in [6.45, 7) is 1.71. The lowest BCUT2D eigenvalue weighted by Crippen LogP contribution is -2.71. The Morgan fingerprint density at radius 3 is 2.74 bits per heavy atom. The van der Waals surface area contributed by atoms with Crippen molar-refractivity contribution >= 4 is 80.3 Å². The molecule has 3 amide bonds. The van der Waals surface area contributed by atoms with E-state index in [1.165, 1.54) is 28.5 Å². The molecular weight excluding hydrogens is 607 g/mol. The molecule has 2 aliphatic heterocycles. The van der Waals surface area contributed by atoms with Crippen LogP contribution in [0.3, 0.4) is 0 Å². The maximum absolute atomic E-state index is 13.3. The van der Waals surface area contributed by atoms with E-state index in [1.54, 1.807) is 41.4 Å². The number of carbonyl (C=O) groups is 4. The van der Waals surface area contributed by atoms with E-state index >= 15 is 0 Å². The van der Waals surface area contributed by atoms with Gasteiger partial charge < -0.3 is 36.8 Å². The fourth-order valence-electron chi connectivity index (χ4n) is 4.38. The number of amides is 3. The van der Waals surface area contributed by atoms with Gasteiger partial charge in [-0.2, -0.15) is 4.57 Å². The Balaban J connectivity index is 1.34. The fraction of sp³-hybridized carbons (Fsp3) is 0.250. The quantitative estimate of drug-likeness (QED) is 0.0676. The number of thiazole rings is 2. The summed E-state index contributed by atoms with van der Waals surface area (Å²) < 4.78 is 1.72. The van der Waals surface area contributed by atoms with Gasteiger partial charge >= 0.3 is 0 Å². The number of oxime groups is 1. The van der Waals surface area contributed by atoms with E-state index in [9.17, 15) is 24.3 Å². The molecule has 3 aromatic heterocycles. The SMILES string of the molecule is CC(C1=C(C(=O)[O-])N2C(=O)C(NC(=O)/C(=N\OCc3csc(N)n3)c3csc(N)n3)[C@@H]2SC1)[n+]1cccc(NC=O)c1. The van der Waals surface area contributed by atoms with Gasteiger partial charge in [-0.25, -0.2) is 9.97 Å². The van der Waals surface area contributed by atoms with Crippen LogP contribution in [0.15, 0.2) is 51.7 Å². The summed E-state index contributed by atoms with van der Waals surface area (Å²) in [5.74, 6) is -2.65. The van der Waals surface area contributed by atoms with Crippen LogP contribution in [0, 0.1) is 0 Å². The van der Waals surface area contributed by atoms with Gasteiger partial charge in [0.25, 0.3) is 11.8 Å². The van der Waals surface area contributed by atoms with Crippen LogP contribution in [-0.2, 0) is 30.6 Å². The number of carboxylic acids is 1. The van der Waals surface area contributed by atoms with E-state index in [0.717, 1.165) is 16.2 Å². The lowest BCUT2D eigenvalue weighted by Gasteiger charge is -2.50. The van der Waals surface area contributed by atoms with Crippen molar-refractivity contribution in [2.75, 3.05) is 22.5 Å². The van der Waals surface area contributed by atoms with Crippen molar-refractivity contribution in [2.45, 2.75) is 31.0 Å². The van der Waals surface area contributed by atoms with Crippen LogP contribution in [-0.4, -0.2) is 61.9 Å². The summed E-state index contributed by atoms with van der Waals surface area (Å²) in [4.78, 5) is 64.3. The smallest absolute Gasteiger partial charge is 0.276 e. The number of carbonyl (C=O) groups excluding carboxylic acids is 4. The van der Waals surface area contributed by atoms with Gasteiger partial charge in [-0.1, -0.05) is 5.16 Å². The zero-order valence-electron chi connectivity index (χ0n) is 21.8. The number of nitrogens with two attached hydrogens (primary N) is 2. The largest absolute Gasteiger partial charge is 0.543 e. The molecule has 5 rings (SSSR count). The van der Waals surface area contributed by atoms with E-state index in [1.807, 2.05) is 0 Å². The van der Waals surface area contributed by atoms with Crippen LogP contribution in [0.5, 0.6) is 0 Å². The number of hydrogen-bond acceptors (Lipinski definition) is 14. The molecule has 5 heterocycles. The van der Waals surface area contributed by atoms with Gasteiger partial charge in [0.15, 0.2) is 41.0 Å². The number of anilines is 3. The standard InChI is InChI=1S/C24H23N9O6S3/c1-11(32-4-2-3-12(5-32)27-10-34)14-8-40-21-17(20(36)33(21)18(14)22(37)38)30-19(35)16(15-9-42-24(26)29-15)31-39-6-13-7-41-23(25)28-13/h2-5,7,9-11,17,21H,6,8H2,1H3,(H6-,25,26,27,28,29,30,34,35,37,38)/b31-16-/t11?,17?,21-/m0/s1. The molecule has 42 heavy (non-hydrogen) atoms. The first kappa shape index (κ1) is 29.0. The monoisotopic (exact) mass is 629 g/mol. The minimum absolute atomic E-state index is 0.0639. The van der Waals surface area contributed by atoms with Gasteiger partial charge in [-0.05, 0) is 6.07 Å².